The summed E-state index contributed by atoms with van der Waals surface area (Å²) in [6.45, 7) is 3.48. The van der Waals surface area contributed by atoms with E-state index in [1.807, 2.05) is 25.2 Å². The number of fused-ring (bicyclic) bond motifs is 1. The van der Waals surface area contributed by atoms with Crippen LogP contribution < -0.4 is 10.2 Å². The molecule has 1 N–H and O–H groups in total. The van der Waals surface area contributed by atoms with Crippen LogP contribution >= 0.6 is 0 Å². The van der Waals surface area contributed by atoms with Gasteiger partial charge in [0.25, 0.3) is 5.91 Å². The summed E-state index contributed by atoms with van der Waals surface area (Å²) in [5.41, 5.74) is -0.495. The highest BCUT2D eigenvalue weighted by Crippen LogP contribution is 2.37. The second-order valence-electron chi connectivity index (χ2n) is 8.87. The number of hydrogen-bond donors (Lipinski definition) is 1. The van der Waals surface area contributed by atoms with Crippen molar-refractivity contribution in [3.8, 4) is 0 Å². The van der Waals surface area contributed by atoms with Crippen LogP contribution in [0.3, 0.4) is 0 Å². The molecule has 1 saturated heterocycles. The largest absolute Gasteiger partial charge is 0.417 e. The predicted molar refractivity (Wildman–Crippen MR) is 116 cm³/mol. The van der Waals surface area contributed by atoms with Crippen molar-refractivity contribution in [2.24, 2.45) is 0 Å². The van der Waals surface area contributed by atoms with Crippen molar-refractivity contribution in [2.75, 3.05) is 38.1 Å². The van der Waals surface area contributed by atoms with Gasteiger partial charge < -0.3 is 15.1 Å². The number of nitrogens with one attached hydrogen (secondary N) is 1. The maximum atomic E-state index is 13.4. The maximum absolute atomic E-state index is 13.4. The van der Waals surface area contributed by atoms with Crippen LogP contribution in [-0.2, 0) is 25.2 Å². The fourth-order valence-electron chi connectivity index (χ4n) is 4.65. The Bertz CT molecular complexity index is 1060. The number of rotatable bonds is 3. The van der Waals surface area contributed by atoms with Crippen LogP contribution in [0.1, 0.15) is 39.0 Å². The van der Waals surface area contributed by atoms with E-state index in [1.54, 1.807) is 0 Å². The molecule has 0 unspecified atom stereocenters. The van der Waals surface area contributed by atoms with E-state index in [4.69, 9.17) is 0 Å². The number of piperazine rings is 1. The topological polar surface area (TPSA) is 35.6 Å². The van der Waals surface area contributed by atoms with Gasteiger partial charge in [-0.15, -0.1) is 0 Å². The normalized spacial score (nSPS) is 19.6. The molecule has 184 valence electrons. The van der Waals surface area contributed by atoms with Gasteiger partial charge in [-0.1, -0.05) is 12.1 Å². The van der Waals surface area contributed by atoms with Crippen molar-refractivity contribution in [3.05, 3.63) is 64.2 Å². The van der Waals surface area contributed by atoms with Crippen LogP contribution in [0, 0.1) is 0 Å². The monoisotopic (exact) mass is 485 g/mol. The zero-order chi connectivity index (χ0) is 24.7. The van der Waals surface area contributed by atoms with Gasteiger partial charge in [0.2, 0.25) is 0 Å². The van der Waals surface area contributed by atoms with E-state index >= 15 is 0 Å². The number of nitrogens with zero attached hydrogens (tertiary/aromatic N) is 2. The first kappa shape index (κ1) is 24.4. The van der Waals surface area contributed by atoms with E-state index in [9.17, 15) is 31.1 Å². The summed E-state index contributed by atoms with van der Waals surface area (Å²) in [4.78, 5) is 17.3. The Balaban J connectivity index is 1.57. The zero-order valence-corrected chi connectivity index (χ0v) is 18.6. The van der Waals surface area contributed by atoms with E-state index in [2.05, 4.69) is 15.1 Å². The standard InChI is InChI=1S/C24H25F6N3O/c1-32-9-11-33(12-10-32)21-4-2-3-15-5-7-17(14-18(15)21)31-22(34)19-13-16(23(25,26)27)6-8-20(19)24(28,29)30/h2-4,6,8,13,17H,5,7,9-12,14H2,1H3,(H,31,34)/t17-/m1/s1. The molecule has 4 rings (SSSR count). The van der Waals surface area contributed by atoms with Gasteiger partial charge in [0.1, 0.15) is 0 Å². The number of carbonyl (C=O) groups is 1. The van der Waals surface area contributed by atoms with Crippen molar-refractivity contribution in [3.63, 3.8) is 0 Å². The van der Waals surface area contributed by atoms with E-state index in [1.165, 1.54) is 0 Å². The molecule has 1 heterocycles. The molecule has 1 aliphatic carbocycles. The highest BCUT2D eigenvalue weighted by molar-refractivity contribution is 5.96. The molecule has 34 heavy (non-hydrogen) atoms. The number of aryl methyl sites for hydroxylation is 1. The lowest BCUT2D eigenvalue weighted by atomic mass is 9.86. The fourth-order valence-corrected chi connectivity index (χ4v) is 4.65. The number of halogens is 6. The molecule has 0 aromatic heterocycles. The molecule has 0 radical (unpaired) electrons. The molecule has 2 aromatic rings. The molecule has 0 saturated carbocycles. The lowest BCUT2D eigenvalue weighted by Gasteiger charge is -2.37. The summed E-state index contributed by atoms with van der Waals surface area (Å²) in [5, 5.41) is 2.57. The first-order valence-electron chi connectivity index (χ1n) is 11.1. The summed E-state index contributed by atoms with van der Waals surface area (Å²) in [6.07, 6.45) is -8.30. The summed E-state index contributed by atoms with van der Waals surface area (Å²) >= 11 is 0. The summed E-state index contributed by atoms with van der Waals surface area (Å²) in [7, 11) is 2.05. The van der Waals surface area contributed by atoms with Crippen LogP contribution in [0.25, 0.3) is 0 Å². The minimum atomic E-state index is -4.95. The lowest BCUT2D eigenvalue weighted by Crippen LogP contribution is -2.45. The first-order chi connectivity index (χ1) is 15.9. The molecule has 1 atom stereocenters. The van der Waals surface area contributed by atoms with Gasteiger partial charge in [0.15, 0.2) is 0 Å². The van der Waals surface area contributed by atoms with Crippen molar-refractivity contribution >= 4 is 11.6 Å². The Labute approximate surface area is 193 Å². The predicted octanol–water partition coefficient (Wildman–Crippen LogP) is 4.76. The molecule has 1 aliphatic heterocycles. The summed E-state index contributed by atoms with van der Waals surface area (Å²) in [6, 6.07) is 6.45. The van der Waals surface area contributed by atoms with Gasteiger partial charge in [-0.05, 0) is 61.7 Å². The lowest BCUT2D eigenvalue weighted by molar-refractivity contribution is -0.141. The van der Waals surface area contributed by atoms with Crippen molar-refractivity contribution < 1.29 is 31.1 Å². The minimum absolute atomic E-state index is 0.282. The molecule has 1 amide bonds. The van der Waals surface area contributed by atoms with Crippen LogP contribution in [0.5, 0.6) is 0 Å². The van der Waals surface area contributed by atoms with Gasteiger partial charge in [0.05, 0.1) is 16.7 Å². The van der Waals surface area contributed by atoms with Crippen LogP contribution in [-0.4, -0.2) is 50.1 Å². The molecule has 4 nitrogen and oxygen atoms in total. The first-order valence-corrected chi connectivity index (χ1v) is 11.1. The zero-order valence-electron chi connectivity index (χ0n) is 18.6. The maximum Gasteiger partial charge on any atom is 0.417 e. The molecule has 2 aliphatic rings. The number of carbonyl (C=O) groups excluding carboxylic acids is 1. The number of likely N-dealkylation sites (N-methyl/N-ethyl adjacent to an activating group) is 1. The molecule has 0 spiro atoms. The Morgan fingerprint density at radius 3 is 2.32 bits per heavy atom. The van der Waals surface area contributed by atoms with Gasteiger partial charge >= 0.3 is 12.4 Å². The van der Waals surface area contributed by atoms with E-state index < -0.39 is 41.0 Å². The van der Waals surface area contributed by atoms with Gasteiger partial charge in [-0.2, -0.15) is 26.3 Å². The SMILES string of the molecule is CN1CCN(c2cccc3c2C[C@H](NC(=O)c2cc(C(F)(F)F)ccc2C(F)(F)F)CC3)CC1. The second-order valence-corrected chi connectivity index (χ2v) is 8.87. The number of alkyl halides is 6. The number of benzene rings is 2. The molecular formula is C24H25F6N3O. The van der Waals surface area contributed by atoms with Crippen LogP contribution in [0.15, 0.2) is 36.4 Å². The molecule has 10 heteroatoms. The number of hydrogen-bond acceptors (Lipinski definition) is 3. The minimum Gasteiger partial charge on any atom is -0.369 e. The van der Waals surface area contributed by atoms with E-state index in [-0.39, 0.29) is 6.07 Å². The second kappa shape index (κ2) is 9.13. The Kier molecular flexibility index (Phi) is 6.54. The Morgan fingerprint density at radius 1 is 0.971 bits per heavy atom. The fraction of sp³-hybridized carbons (Fsp3) is 0.458. The third-order valence-electron chi connectivity index (χ3n) is 6.54. The van der Waals surface area contributed by atoms with Gasteiger partial charge in [-0.3, -0.25) is 4.79 Å². The summed E-state index contributed by atoms with van der Waals surface area (Å²) < 4.78 is 79.6. The number of amides is 1. The smallest absolute Gasteiger partial charge is 0.369 e. The molecule has 1 fully saturated rings. The van der Waals surface area contributed by atoms with Crippen LogP contribution in [0.2, 0.25) is 0 Å². The van der Waals surface area contributed by atoms with Crippen molar-refractivity contribution in [1.29, 1.82) is 0 Å². The Hall–Kier alpha value is -2.75. The van der Waals surface area contributed by atoms with Crippen molar-refractivity contribution in [2.45, 2.75) is 37.7 Å². The third-order valence-corrected chi connectivity index (χ3v) is 6.54. The molecular weight excluding hydrogens is 460 g/mol. The van der Waals surface area contributed by atoms with Crippen molar-refractivity contribution in [1.82, 2.24) is 10.2 Å². The average molecular weight is 485 g/mol. The van der Waals surface area contributed by atoms with Crippen LogP contribution in [0.4, 0.5) is 32.0 Å². The highest BCUT2D eigenvalue weighted by atomic mass is 19.4. The average Bonchev–Trinajstić information content (AvgIpc) is 2.77. The number of anilines is 1. The highest BCUT2D eigenvalue weighted by Gasteiger charge is 2.39. The quantitative estimate of drug-likeness (QED) is 0.637. The summed E-state index contributed by atoms with van der Waals surface area (Å²) in [5.74, 6) is -1.15. The molecule has 2 aromatic carbocycles. The van der Waals surface area contributed by atoms with Gasteiger partial charge in [-0.25, -0.2) is 0 Å². The van der Waals surface area contributed by atoms with Gasteiger partial charge in [0, 0.05) is 37.9 Å². The Morgan fingerprint density at radius 2 is 1.68 bits per heavy atom. The van der Waals surface area contributed by atoms with E-state index in [0.29, 0.717) is 31.4 Å². The van der Waals surface area contributed by atoms with E-state index in [0.717, 1.165) is 43.0 Å². The molecule has 0 bridgehead atoms. The third kappa shape index (κ3) is 5.16.